The van der Waals surface area contributed by atoms with E-state index >= 15 is 0 Å². The summed E-state index contributed by atoms with van der Waals surface area (Å²) in [6, 6.07) is 8.17. The minimum Gasteiger partial charge on any atom is -0.496 e. The van der Waals surface area contributed by atoms with Crippen molar-refractivity contribution in [2.45, 2.75) is 20.0 Å². The van der Waals surface area contributed by atoms with Crippen LogP contribution in [0.3, 0.4) is 0 Å². The zero-order valence-electron chi connectivity index (χ0n) is 11.6. The molecule has 2 nitrogen and oxygen atoms in total. The van der Waals surface area contributed by atoms with Crippen molar-refractivity contribution in [2.75, 3.05) is 7.11 Å². The van der Waals surface area contributed by atoms with Crippen LogP contribution < -0.4 is 4.74 Å². The molecule has 0 heterocycles. The largest absolute Gasteiger partial charge is 0.496 e. The molecule has 0 fully saturated rings. The number of hydrogen-bond acceptors (Lipinski definition) is 2. The zero-order chi connectivity index (χ0) is 14.9. The fraction of sp³-hybridized carbons (Fsp3) is 0.250. The number of ether oxygens (including phenoxy) is 1. The fourth-order valence-corrected chi connectivity index (χ4v) is 2.75. The highest BCUT2D eigenvalue weighted by molar-refractivity contribution is 9.10. The number of rotatable bonds is 3. The van der Waals surface area contributed by atoms with Gasteiger partial charge in [0.25, 0.3) is 0 Å². The number of aliphatic hydroxyl groups excluding tert-OH is 1. The van der Waals surface area contributed by atoms with Crippen LogP contribution in [0.25, 0.3) is 0 Å². The topological polar surface area (TPSA) is 29.5 Å². The Balaban J connectivity index is 2.48. The molecule has 0 aliphatic heterocycles. The van der Waals surface area contributed by atoms with Crippen LogP contribution in [-0.4, -0.2) is 12.2 Å². The molecular weight excluding hydrogens is 323 g/mol. The lowest BCUT2D eigenvalue weighted by Gasteiger charge is -2.16. The highest BCUT2D eigenvalue weighted by Crippen LogP contribution is 2.32. The molecule has 0 saturated carbocycles. The Bertz CT molecular complexity index is 617. The van der Waals surface area contributed by atoms with E-state index in [1.165, 1.54) is 6.07 Å². The molecule has 1 N–H and O–H groups in total. The van der Waals surface area contributed by atoms with E-state index in [9.17, 15) is 9.50 Å². The van der Waals surface area contributed by atoms with Crippen LogP contribution in [0, 0.1) is 19.7 Å². The van der Waals surface area contributed by atoms with Gasteiger partial charge in [-0.1, -0.05) is 15.9 Å². The standard InChI is InChI=1S/C16H16BrFO2/c1-9-6-11(7-10(2)16(9)20-3)15(19)13-8-12(17)4-5-14(13)18/h4-8,15,19H,1-3H3. The molecule has 2 aromatic carbocycles. The summed E-state index contributed by atoms with van der Waals surface area (Å²) in [7, 11) is 1.61. The van der Waals surface area contributed by atoms with Crippen LogP contribution in [0.15, 0.2) is 34.8 Å². The quantitative estimate of drug-likeness (QED) is 0.904. The van der Waals surface area contributed by atoms with Crippen LogP contribution in [0.5, 0.6) is 5.75 Å². The number of hydrogen-bond donors (Lipinski definition) is 1. The Morgan fingerprint density at radius 1 is 1.15 bits per heavy atom. The highest BCUT2D eigenvalue weighted by Gasteiger charge is 2.17. The van der Waals surface area contributed by atoms with Gasteiger partial charge in [0.15, 0.2) is 0 Å². The van der Waals surface area contributed by atoms with Gasteiger partial charge in [-0.2, -0.15) is 0 Å². The second-order valence-corrected chi connectivity index (χ2v) is 5.67. The van der Waals surface area contributed by atoms with Gasteiger partial charge in [-0.3, -0.25) is 0 Å². The fourth-order valence-electron chi connectivity index (χ4n) is 2.37. The van der Waals surface area contributed by atoms with Crippen molar-refractivity contribution in [3.8, 4) is 5.75 Å². The van der Waals surface area contributed by atoms with Crippen molar-refractivity contribution in [1.82, 2.24) is 0 Å². The van der Waals surface area contributed by atoms with Gasteiger partial charge in [0.1, 0.15) is 17.7 Å². The average molecular weight is 339 g/mol. The zero-order valence-corrected chi connectivity index (χ0v) is 13.2. The lowest BCUT2D eigenvalue weighted by atomic mass is 9.97. The second-order valence-electron chi connectivity index (χ2n) is 4.76. The third-order valence-electron chi connectivity index (χ3n) is 3.26. The van der Waals surface area contributed by atoms with Gasteiger partial charge in [0.05, 0.1) is 7.11 Å². The van der Waals surface area contributed by atoms with Crippen LogP contribution >= 0.6 is 15.9 Å². The summed E-state index contributed by atoms with van der Waals surface area (Å²) in [5.41, 5.74) is 2.73. The molecule has 2 aromatic rings. The number of methoxy groups -OCH3 is 1. The number of aliphatic hydroxyl groups is 1. The van der Waals surface area contributed by atoms with E-state index in [0.717, 1.165) is 21.3 Å². The van der Waals surface area contributed by atoms with Crippen molar-refractivity contribution in [1.29, 1.82) is 0 Å². The predicted molar refractivity (Wildman–Crippen MR) is 80.6 cm³/mol. The molecule has 0 saturated heterocycles. The van der Waals surface area contributed by atoms with Crippen LogP contribution in [0.1, 0.15) is 28.4 Å². The molecule has 0 aliphatic rings. The monoisotopic (exact) mass is 338 g/mol. The molecular formula is C16H16BrFO2. The van der Waals surface area contributed by atoms with E-state index in [-0.39, 0.29) is 5.56 Å². The summed E-state index contributed by atoms with van der Waals surface area (Å²) in [6.45, 7) is 3.80. The molecule has 0 spiro atoms. The predicted octanol–water partition coefficient (Wildman–Crippen LogP) is 4.30. The molecule has 1 atom stereocenters. The van der Waals surface area contributed by atoms with E-state index in [1.807, 2.05) is 26.0 Å². The summed E-state index contributed by atoms with van der Waals surface area (Å²) in [4.78, 5) is 0. The van der Waals surface area contributed by atoms with Crippen molar-refractivity contribution in [2.24, 2.45) is 0 Å². The Hall–Kier alpha value is -1.39. The first-order valence-corrected chi connectivity index (χ1v) is 7.01. The summed E-state index contributed by atoms with van der Waals surface area (Å²) in [5.74, 6) is 0.363. The van der Waals surface area contributed by atoms with Crippen molar-refractivity contribution in [3.63, 3.8) is 0 Å². The normalized spacial score (nSPS) is 12.3. The Labute approximate surface area is 126 Å². The van der Waals surface area contributed by atoms with Crippen molar-refractivity contribution in [3.05, 3.63) is 62.9 Å². The summed E-state index contributed by atoms with van der Waals surface area (Å²) in [5, 5.41) is 10.4. The van der Waals surface area contributed by atoms with Crippen molar-refractivity contribution >= 4 is 15.9 Å². The highest BCUT2D eigenvalue weighted by atomic mass is 79.9. The first kappa shape index (κ1) is 15.0. The molecule has 20 heavy (non-hydrogen) atoms. The van der Waals surface area contributed by atoms with Crippen LogP contribution in [0.4, 0.5) is 4.39 Å². The van der Waals surface area contributed by atoms with Crippen LogP contribution in [0.2, 0.25) is 0 Å². The smallest absolute Gasteiger partial charge is 0.129 e. The minimum absolute atomic E-state index is 0.253. The maximum atomic E-state index is 13.8. The van der Waals surface area contributed by atoms with Gasteiger partial charge >= 0.3 is 0 Å². The van der Waals surface area contributed by atoms with Gasteiger partial charge in [-0.15, -0.1) is 0 Å². The van der Waals surface area contributed by atoms with Gasteiger partial charge in [0.2, 0.25) is 0 Å². The molecule has 0 amide bonds. The first-order valence-electron chi connectivity index (χ1n) is 6.22. The summed E-state index contributed by atoms with van der Waals surface area (Å²) < 4.78 is 19.9. The molecule has 4 heteroatoms. The number of aryl methyl sites for hydroxylation is 2. The molecule has 0 bridgehead atoms. The Morgan fingerprint density at radius 2 is 1.75 bits per heavy atom. The van der Waals surface area contributed by atoms with Crippen LogP contribution in [-0.2, 0) is 0 Å². The lowest BCUT2D eigenvalue weighted by Crippen LogP contribution is -2.04. The summed E-state index contributed by atoms with van der Waals surface area (Å²) in [6.07, 6.45) is -1.00. The lowest BCUT2D eigenvalue weighted by molar-refractivity contribution is 0.214. The molecule has 0 radical (unpaired) electrons. The molecule has 0 aliphatic carbocycles. The number of benzene rings is 2. The number of halogens is 2. The third-order valence-corrected chi connectivity index (χ3v) is 3.75. The maximum absolute atomic E-state index is 13.8. The molecule has 1 unspecified atom stereocenters. The Kier molecular flexibility index (Phi) is 4.45. The van der Waals surface area contributed by atoms with Crippen molar-refractivity contribution < 1.29 is 14.2 Å². The molecule has 106 valence electrons. The van der Waals surface area contributed by atoms with Gasteiger partial charge < -0.3 is 9.84 Å². The van der Waals surface area contributed by atoms with E-state index < -0.39 is 11.9 Å². The Morgan fingerprint density at radius 3 is 2.30 bits per heavy atom. The maximum Gasteiger partial charge on any atom is 0.129 e. The molecule has 0 aromatic heterocycles. The SMILES string of the molecule is COc1c(C)cc(C(O)c2cc(Br)ccc2F)cc1C. The van der Waals surface area contributed by atoms with Gasteiger partial charge in [-0.25, -0.2) is 4.39 Å². The van der Waals surface area contributed by atoms with Gasteiger partial charge in [-0.05, 0) is 60.9 Å². The second kappa shape index (κ2) is 5.94. The van der Waals surface area contributed by atoms with E-state index in [2.05, 4.69) is 15.9 Å². The first-order chi connectivity index (χ1) is 9.43. The van der Waals surface area contributed by atoms with E-state index in [1.54, 1.807) is 19.2 Å². The van der Waals surface area contributed by atoms with E-state index in [0.29, 0.717) is 5.56 Å². The minimum atomic E-state index is -1.00. The average Bonchev–Trinajstić information content (AvgIpc) is 2.40. The molecule has 2 rings (SSSR count). The van der Waals surface area contributed by atoms with Gasteiger partial charge in [0, 0.05) is 10.0 Å². The van der Waals surface area contributed by atoms with E-state index in [4.69, 9.17) is 4.74 Å². The summed E-state index contributed by atoms with van der Waals surface area (Å²) >= 11 is 3.29. The third kappa shape index (κ3) is 2.86.